The van der Waals surface area contributed by atoms with Crippen molar-refractivity contribution >= 4 is 22.4 Å². The Bertz CT molecular complexity index is 1130. The van der Waals surface area contributed by atoms with Gasteiger partial charge in [0.05, 0.1) is 12.3 Å². The van der Waals surface area contributed by atoms with Crippen molar-refractivity contribution in [1.82, 2.24) is 20.1 Å². The Morgan fingerprint density at radius 3 is 2.84 bits per heavy atom. The van der Waals surface area contributed by atoms with E-state index < -0.39 is 0 Å². The van der Waals surface area contributed by atoms with Crippen molar-refractivity contribution in [3.05, 3.63) is 52.8 Å². The van der Waals surface area contributed by atoms with Gasteiger partial charge in [-0.05, 0) is 48.6 Å². The van der Waals surface area contributed by atoms with Crippen molar-refractivity contribution in [3.8, 4) is 16.3 Å². The molecule has 2 aliphatic rings. The molecule has 5 rings (SSSR count). The molecular formula is C23H25N5O2S. The molecule has 0 unspecified atom stereocenters. The lowest BCUT2D eigenvalue weighted by Crippen LogP contribution is -2.29. The maximum Gasteiger partial charge on any atom is 0.223 e. The van der Waals surface area contributed by atoms with Gasteiger partial charge in [-0.15, -0.1) is 10.2 Å². The van der Waals surface area contributed by atoms with Gasteiger partial charge in [0.25, 0.3) is 0 Å². The number of carbonyl (C=O) groups excluding carboxylic acids is 1. The van der Waals surface area contributed by atoms with Crippen LogP contribution in [0.15, 0.2) is 30.5 Å². The molecule has 1 N–H and O–H groups in total. The van der Waals surface area contributed by atoms with E-state index in [0.717, 1.165) is 61.0 Å². The molecule has 0 aliphatic carbocycles. The third-order valence-corrected chi connectivity index (χ3v) is 6.96. The summed E-state index contributed by atoms with van der Waals surface area (Å²) in [7, 11) is 0. The second kappa shape index (κ2) is 8.36. The number of aromatic nitrogens is 3. The predicted molar refractivity (Wildman–Crippen MR) is 120 cm³/mol. The number of nitrogens with one attached hydrogen (secondary N) is 1. The molecule has 7 nitrogen and oxygen atoms in total. The van der Waals surface area contributed by atoms with Gasteiger partial charge in [0.1, 0.15) is 10.8 Å². The molecule has 31 heavy (non-hydrogen) atoms. The van der Waals surface area contributed by atoms with Crippen LogP contribution in [0.5, 0.6) is 5.75 Å². The molecule has 1 atom stereocenters. The number of pyridine rings is 1. The third kappa shape index (κ3) is 4.18. The highest BCUT2D eigenvalue weighted by Gasteiger charge is 2.23. The Labute approximate surface area is 185 Å². The number of hydrogen-bond acceptors (Lipinski definition) is 7. The summed E-state index contributed by atoms with van der Waals surface area (Å²) in [5, 5.41) is 12.4. The van der Waals surface area contributed by atoms with E-state index in [1.807, 2.05) is 6.20 Å². The first kappa shape index (κ1) is 20.1. The second-order valence-electron chi connectivity index (χ2n) is 8.10. The van der Waals surface area contributed by atoms with Crippen LogP contribution in [0.4, 0.5) is 5.13 Å². The number of rotatable bonds is 4. The smallest absolute Gasteiger partial charge is 0.223 e. The van der Waals surface area contributed by atoms with Crippen LogP contribution < -0.4 is 10.1 Å². The Kier molecular flexibility index (Phi) is 5.41. The first-order valence-electron chi connectivity index (χ1n) is 10.7. The van der Waals surface area contributed by atoms with Crippen molar-refractivity contribution in [2.75, 3.05) is 25.0 Å². The molecule has 0 fully saturated rings. The largest absolute Gasteiger partial charge is 0.491 e. The molecule has 3 aromatic rings. The van der Waals surface area contributed by atoms with Gasteiger partial charge in [-0.25, -0.2) is 0 Å². The Hall–Kier alpha value is -2.84. The maximum atomic E-state index is 11.2. The van der Waals surface area contributed by atoms with Crippen molar-refractivity contribution in [2.45, 2.75) is 39.2 Å². The van der Waals surface area contributed by atoms with Crippen LogP contribution in [0.1, 0.15) is 42.3 Å². The summed E-state index contributed by atoms with van der Waals surface area (Å²) in [5.41, 5.74) is 6.09. The second-order valence-corrected chi connectivity index (χ2v) is 9.08. The van der Waals surface area contributed by atoms with Crippen LogP contribution in [0.3, 0.4) is 0 Å². The summed E-state index contributed by atoms with van der Waals surface area (Å²) in [6.45, 7) is 6.47. The van der Waals surface area contributed by atoms with E-state index in [9.17, 15) is 4.79 Å². The SMILES string of the molecule is CC(=O)Nc1nnc(-c2ccc3c(c2)CCN([C@H](C)c2cnc4c(c2)OCC4)CC3)s1. The van der Waals surface area contributed by atoms with Crippen molar-refractivity contribution in [2.24, 2.45) is 0 Å². The number of hydrogen-bond donors (Lipinski definition) is 1. The molecular weight excluding hydrogens is 410 g/mol. The average Bonchev–Trinajstić information content (AvgIpc) is 3.37. The number of benzene rings is 1. The minimum absolute atomic E-state index is 0.135. The van der Waals surface area contributed by atoms with Gasteiger partial charge in [0, 0.05) is 44.2 Å². The lowest BCUT2D eigenvalue weighted by Gasteiger charge is -2.27. The van der Waals surface area contributed by atoms with Gasteiger partial charge in [0.15, 0.2) is 0 Å². The monoisotopic (exact) mass is 435 g/mol. The van der Waals surface area contributed by atoms with Gasteiger partial charge in [-0.2, -0.15) is 0 Å². The standard InChI is InChI=1S/C23H25N5O2S/c1-14(19-12-21-20(24-13-19)7-10-30-21)28-8-5-16-3-4-18(11-17(16)6-9-28)22-26-27-23(31-22)25-15(2)29/h3-4,11-14H,5-10H2,1-2H3,(H,25,27,29)/t14-/m1/s1. The van der Waals surface area contributed by atoms with E-state index in [-0.39, 0.29) is 5.91 Å². The minimum atomic E-state index is -0.135. The molecule has 2 aliphatic heterocycles. The van der Waals surface area contributed by atoms with E-state index >= 15 is 0 Å². The zero-order valence-electron chi connectivity index (χ0n) is 17.7. The Balaban J connectivity index is 1.31. The minimum Gasteiger partial charge on any atom is -0.491 e. The summed E-state index contributed by atoms with van der Waals surface area (Å²) in [4.78, 5) is 18.4. The summed E-state index contributed by atoms with van der Waals surface area (Å²) < 4.78 is 5.72. The highest BCUT2D eigenvalue weighted by molar-refractivity contribution is 7.18. The first-order chi connectivity index (χ1) is 15.1. The summed E-state index contributed by atoms with van der Waals surface area (Å²) >= 11 is 1.40. The highest BCUT2D eigenvalue weighted by Crippen LogP contribution is 2.32. The molecule has 0 saturated carbocycles. The molecule has 0 radical (unpaired) electrons. The highest BCUT2D eigenvalue weighted by atomic mass is 32.1. The van der Waals surface area contributed by atoms with Gasteiger partial charge in [-0.1, -0.05) is 23.5 Å². The van der Waals surface area contributed by atoms with Crippen LogP contribution >= 0.6 is 11.3 Å². The zero-order valence-corrected chi connectivity index (χ0v) is 18.5. The van der Waals surface area contributed by atoms with Crippen LogP contribution in [0.2, 0.25) is 0 Å². The fourth-order valence-corrected chi connectivity index (χ4v) is 5.09. The lowest BCUT2D eigenvalue weighted by molar-refractivity contribution is -0.114. The number of ether oxygens (including phenoxy) is 1. The first-order valence-corrected chi connectivity index (χ1v) is 11.5. The molecule has 160 valence electrons. The molecule has 0 saturated heterocycles. The zero-order chi connectivity index (χ0) is 21.4. The molecule has 4 heterocycles. The predicted octanol–water partition coefficient (Wildman–Crippen LogP) is 3.66. The fraction of sp³-hybridized carbons (Fsp3) is 0.391. The van der Waals surface area contributed by atoms with Crippen LogP contribution in [0.25, 0.3) is 10.6 Å². The Morgan fingerprint density at radius 2 is 2.00 bits per heavy atom. The van der Waals surface area contributed by atoms with E-state index in [1.54, 1.807) is 0 Å². The molecule has 2 aromatic heterocycles. The topological polar surface area (TPSA) is 80.2 Å². The third-order valence-electron chi connectivity index (χ3n) is 6.08. The number of nitrogens with zero attached hydrogens (tertiary/aromatic N) is 4. The van der Waals surface area contributed by atoms with E-state index in [2.05, 4.69) is 56.6 Å². The van der Waals surface area contributed by atoms with E-state index in [0.29, 0.717) is 11.2 Å². The normalized spacial score (nSPS) is 16.7. The number of carbonyl (C=O) groups is 1. The summed E-state index contributed by atoms with van der Waals surface area (Å²) in [6.07, 6.45) is 4.92. The van der Waals surface area contributed by atoms with Gasteiger partial charge in [-0.3, -0.25) is 14.7 Å². The Morgan fingerprint density at radius 1 is 1.16 bits per heavy atom. The van der Waals surface area contributed by atoms with Crippen molar-refractivity contribution < 1.29 is 9.53 Å². The quantitative estimate of drug-likeness (QED) is 0.674. The van der Waals surface area contributed by atoms with Crippen LogP contribution in [0, 0.1) is 0 Å². The van der Waals surface area contributed by atoms with Crippen molar-refractivity contribution in [1.29, 1.82) is 0 Å². The molecule has 1 aromatic carbocycles. The summed E-state index contributed by atoms with van der Waals surface area (Å²) in [5.74, 6) is 0.812. The van der Waals surface area contributed by atoms with Gasteiger partial charge < -0.3 is 10.1 Å². The number of amides is 1. The molecule has 1 amide bonds. The summed E-state index contributed by atoms with van der Waals surface area (Å²) in [6, 6.07) is 9.00. The van der Waals surface area contributed by atoms with Gasteiger partial charge >= 0.3 is 0 Å². The van der Waals surface area contributed by atoms with Crippen LogP contribution in [-0.2, 0) is 24.1 Å². The van der Waals surface area contributed by atoms with Gasteiger partial charge in [0.2, 0.25) is 11.0 Å². The van der Waals surface area contributed by atoms with E-state index in [1.165, 1.54) is 35.0 Å². The molecule has 0 spiro atoms. The number of anilines is 1. The molecule has 8 heteroatoms. The van der Waals surface area contributed by atoms with Crippen LogP contribution in [-0.4, -0.2) is 45.7 Å². The number of fused-ring (bicyclic) bond motifs is 2. The fourth-order valence-electron chi connectivity index (χ4n) is 4.30. The average molecular weight is 436 g/mol. The van der Waals surface area contributed by atoms with Crippen molar-refractivity contribution in [3.63, 3.8) is 0 Å². The van der Waals surface area contributed by atoms with E-state index in [4.69, 9.17) is 4.74 Å². The maximum absolute atomic E-state index is 11.2. The lowest BCUT2D eigenvalue weighted by atomic mass is 10.0. The molecule has 0 bridgehead atoms.